The number of phenolic OH excluding ortho intramolecular Hbond substituents is 2. The highest BCUT2D eigenvalue weighted by atomic mass is 16.5. The first-order valence-electron chi connectivity index (χ1n) is 6.95. The Bertz CT molecular complexity index is 679. The van der Waals surface area contributed by atoms with Crippen molar-refractivity contribution in [1.29, 1.82) is 0 Å². The standard InChI is InChI=1S/C17H18O4/c1-10-13(18)6-3-11-4-7-15(21-17(10)11)12-5-8-16(20-2)14(19)9-12/h3,5-6,8-9,15,18-19H,4,7H2,1-2H3/t15-/m0/s1. The maximum atomic E-state index is 9.90. The van der Waals surface area contributed by atoms with Crippen molar-refractivity contribution in [3.63, 3.8) is 0 Å². The number of hydrogen-bond acceptors (Lipinski definition) is 4. The highest BCUT2D eigenvalue weighted by molar-refractivity contribution is 5.50. The molecular weight excluding hydrogens is 268 g/mol. The fraction of sp³-hybridized carbons (Fsp3) is 0.294. The van der Waals surface area contributed by atoms with Crippen molar-refractivity contribution in [2.45, 2.75) is 25.9 Å². The lowest BCUT2D eigenvalue weighted by molar-refractivity contribution is 0.174. The van der Waals surface area contributed by atoms with Crippen LogP contribution in [-0.2, 0) is 6.42 Å². The van der Waals surface area contributed by atoms with E-state index in [1.807, 2.05) is 19.1 Å². The predicted octanol–water partition coefficient (Wildman–Crippen LogP) is 3.48. The fourth-order valence-corrected chi connectivity index (χ4v) is 2.73. The Kier molecular flexibility index (Phi) is 3.37. The topological polar surface area (TPSA) is 58.9 Å². The molecule has 0 bridgehead atoms. The third kappa shape index (κ3) is 2.37. The Morgan fingerprint density at radius 3 is 2.67 bits per heavy atom. The minimum atomic E-state index is -0.130. The van der Waals surface area contributed by atoms with E-state index < -0.39 is 0 Å². The Morgan fingerprint density at radius 2 is 1.95 bits per heavy atom. The van der Waals surface area contributed by atoms with Crippen LogP contribution in [0, 0.1) is 6.92 Å². The second-order valence-electron chi connectivity index (χ2n) is 5.27. The zero-order valence-corrected chi connectivity index (χ0v) is 12.1. The molecule has 4 heteroatoms. The number of benzene rings is 2. The summed E-state index contributed by atoms with van der Waals surface area (Å²) in [6.45, 7) is 1.85. The van der Waals surface area contributed by atoms with Gasteiger partial charge in [0.2, 0.25) is 0 Å². The van der Waals surface area contributed by atoms with Crippen molar-refractivity contribution in [1.82, 2.24) is 0 Å². The van der Waals surface area contributed by atoms with Gasteiger partial charge in [-0.15, -0.1) is 0 Å². The molecule has 0 saturated carbocycles. The van der Waals surface area contributed by atoms with Gasteiger partial charge in [0.15, 0.2) is 11.5 Å². The zero-order chi connectivity index (χ0) is 15.0. The predicted molar refractivity (Wildman–Crippen MR) is 79.2 cm³/mol. The molecule has 0 fully saturated rings. The molecule has 0 aromatic heterocycles. The molecule has 0 amide bonds. The Hall–Kier alpha value is -2.36. The van der Waals surface area contributed by atoms with Crippen molar-refractivity contribution < 1.29 is 19.7 Å². The summed E-state index contributed by atoms with van der Waals surface area (Å²) in [6, 6.07) is 8.91. The van der Waals surface area contributed by atoms with Gasteiger partial charge in [-0.05, 0) is 49.1 Å². The van der Waals surface area contributed by atoms with Gasteiger partial charge in [-0.1, -0.05) is 12.1 Å². The van der Waals surface area contributed by atoms with Crippen molar-refractivity contribution in [2.75, 3.05) is 7.11 Å². The first-order chi connectivity index (χ1) is 10.1. The molecule has 1 aliphatic rings. The van der Waals surface area contributed by atoms with Crippen molar-refractivity contribution in [3.05, 3.63) is 47.0 Å². The number of phenols is 2. The number of fused-ring (bicyclic) bond motifs is 1. The molecule has 1 atom stereocenters. The fourth-order valence-electron chi connectivity index (χ4n) is 2.73. The molecule has 0 radical (unpaired) electrons. The minimum absolute atomic E-state index is 0.108. The molecule has 0 spiro atoms. The minimum Gasteiger partial charge on any atom is -0.508 e. The van der Waals surface area contributed by atoms with E-state index >= 15 is 0 Å². The molecule has 3 rings (SSSR count). The van der Waals surface area contributed by atoms with E-state index in [-0.39, 0.29) is 17.6 Å². The van der Waals surface area contributed by atoms with Gasteiger partial charge in [-0.25, -0.2) is 0 Å². The maximum Gasteiger partial charge on any atom is 0.160 e. The summed E-state index contributed by atoms with van der Waals surface area (Å²) in [5.74, 6) is 1.55. The normalized spacial score (nSPS) is 17.0. The number of rotatable bonds is 2. The summed E-state index contributed by atoms with van der Waals surface area (Å²) in [6.07, 6.45) is 1.59. The Balaban J connectivity index is 1.92. The van der Waals surface area contributed by atoms with E-state index in [4.69, 9.17) is 9.47 Å². The molecule has 1 heterocycles. The quantitative estimate of drug-likeness (QED) is 0.887. The molecule has 4 nitrogen and oxygen atoms in total. The highest BCUT2D eigenvalue weighted by Gasteiger charge is 2.24. The van der Waals surface area contributed by atoms with Crippen LogP contribution in [-0.4, -0.2) is 17.3 Å². The molecule has 0 unspecified atom stereocenters. The van der Waals surface area contributed by atoms with Gasteiger partial charge in [0.25, 0.3) is 0 Å². The number of methoxy groups -OCH3 is 1. The number of aryl methyl sites for hydroxylation is 1. The van der Waals surface area contributed by atoms with Crippen LogP contribution in [0.2, 0.25) is 0 Å². The first kappa shape index (κ1) is 13.6. The third-order valence-electron chi connectivity index (χ3n) is 3.97. The van der Waals surface area contributed by atoms with E-state index in [9.17, 15) is 10.2 Å². The average molecular weight is 286 g/mol. The van der Waals surface area contributed by atoms with E-state index in [2.05, 4.69) is 0 Å². The van der Waals surface area contributed by atoms with E-state index in [1.165, 1.54) is 7.11 Å². The zero-order valence-electron chi connectivity index (χ0n) is 12.1. The average Bonchev–Trinajstić information content (AvgIpc) is 2.50. The number of aromatic hydroxyl groups is 2. The summed E-state index contributed by atoms with van der Waals surface area (Å²) < 4.78 is 11.1. The Labute approximate surface area is 123 Å². The number of ether oxygens (including phenoxy) is 2. The molecule has 0 saturated heterocycles. The molecule has 110 valence electrons. The molecule has 1 aliphatic heterocycles. The Morgan fingerprint density at radius 1 is 1.14 bits per heavy atom. The SMILES string of the molecule is COc1ccc([C@@H]2CCc3ccc(O)c(C)c3O2)cc1O. The second kappa shape index (κ2) is 5.20. The highest BCUT2D eigenvalue weighted by Crippen LogP contribution is 2.41. The lowest BCUT2D eigenvalue weighted by atomic mass is 9.95. The summed E-state index contributed by atoms with van der Waals surface area (Å²) in [5.41, 5.74) is 2.77. The van der Waals surface area contributed by atoms with Crippen LogP contribution < -0.4 is 9.47 Å². The van der Waals surface area contributed by atoms with Crippen molar-refractivity contribution >= 4 is 0 Å². The van der Waals surface area contributed by atoms with Crippen LogP contribution in [0.25, 0.3) is 0 Å². The lowest BCUT2D eigenvalue weighted by Crippen LogP contribution is -2.16. The first-order valence-corrected chi connectivity index (χ1v) is 6.95. The molecular formula is C17H18O4. The van der Waals surface area contributed by atoms with Gasteiger partial charge in [0.05, 0.1) is 7.11 Å². The van der Waals surface area contributed by atoms with Crippen LogP contribution in [0.15, 0.2) is 30.3 Å². The summed E-state index contributed by atoms with van der Waals surface area (Å²) in [5, 5.41) is 19.7. The summed E-state index contributed by atoms with van der Waals surface area (Å²) >= 11 is 0. The van der Waals surface area contributed by atoms with Crippen molar-refractivity contribution in [3.8, 4) is 23.0 Å². The summed E-state index contributed by atoms with van der Waals surface area (Å²) in [4.78, 5) is 0. The lowest BCUT2D eigenvalue weighted by Gasteiger charge is -2.28. The monoisotopic (exact) mass is 286 g/mol. The van der Waals surface area contributed by atoms with Crippen LogP contribution in [0.4, 0.5) is 0 Å². The largest absolute Gasteiger partial charge is 0.508 e. The molecule has 2 aromatic carbocycles. The maximum absolute atomic E-state index is 9.90. The summed E-state index contributed by atoms with van der Waals surface area (Å²) in [7, 11) is 1.52. The number of hydrogen-bond donors (Lipinski definition) is 2. The second-order valence-corrected chi connectivity index (χ2v) is 5.27. The van der Waals surface area contributed by atoms with Crippen molar-refractivity contribution in [2.24, 2.45) is 0 Å². The van der Waals surface area contributed by atoms with Crippen LogP contribution in [0.5, 0.6) is 23.0 Å². The van der Waals surface area contributed by atoms with Gasteiger partial charge < -0.3 is 19.7 Å². The molecule has 2 aromatic rings. The van der Waals surface area contributed by atoms with Gasteiger partial charge in [0, 0.05) is 5.56 Å². The van der Waals surface area contributed by atoms with E-state index in [0.717, 1.165) is 35.3 Å². The van der Waals surface area contributed by atoms with Gasteiger partial charge >= 0.3 is 0 Å². The van der Waals surface area contributed by atoms with Crippen LogP contribution in [0.3, 0.4) is 0 Å². The smallest absolute Gasteiger partial charge is 0.160 e. The molecule has 2 N–H and O–H groups in total. The van der Waals surface area contributed by atoms with Crippen LogP contribution >= 0.6 is 0 Å². The molecule has 21 heavy (non-hydrogen) atoms. The van der Waals surface area contributed by atoms with Crippen LogP contribution in [0.1, 0.15) is 29.2 Å². The van der Waals surface area contributed by atoms with E-state index in [0.29, 0.717) is 5.75 Å². The third-order valence-corrected chi connectivity index (χ3v) is 3.97. The van der Waals surface area contributed by atoms with E-state index in [1.54, 1.807) is 18.2 Å². The van der Waals surface area contributed by atoms with Gasteiger partial charge in [-0.3, -0.25) is 0 Å². The van der Waals surface area contributed by atoms with Gasteiger partial charge in [-0.2, -0.15) is 0 Å². The van der Waals surface area contributed by atoms with Gasteiger partial charge in [0.1, 0.15) is 17.6 Å². The molecule has 0 aliphatic carbocycles.